The number of aliphatic hydroxyl groups excluding tert-OH is 2. The second-order valence-electron chi connectivity index (χ2n) is 8.28. The van der Waals surface area contributed by atoms with Crippen molar-refractivity contribution in [3.8, 4) is 16.9 Å². The number of hydrazone groups is 1. The Hall–Kier alpha value is -5.03. The van der Waals surface area contributed by atoms with Gasteiger partial charge in [0.15, 0.2) is 0 Å². The van der Waals surface area contributed by atoms with Crippen molar-refractivity contribution in [2.45, 2.75) is 6.92 Å². The van der Waals surface area contributed by atoms with E-state index in [9.17, 15) is 9.59 Å². The molecule has 0 aliphatic rings. The molecule has 0 atom stereocenters. The largest absolute Gasteiger partial charge is 0.400 e. The summed E-state index contributed by atoms with van der Waals surface area (Å²) in [5.74, 6) is 0. The summed E-state index contributed by atoms with van der Waals surface area (Å²) in [5.41, 5.74) is 5.72. The highest BCUT2D eigenvalue weighted by atomic mass is 35.5. The third-order valence-electron chi connectivity index (χ3n) is 5.51. The summed E-state index contributed by atoms with van der Waals surface area (Å²) < 4.78 is 1.44. The van der Waals surface area contributed by atoms with Gasteiger partial charge in [0.25, 0.3) is 5.56 Å². The zero-order valence-electron chi connectivity index (χ0n) is 23.0. The fraction of sp³-hybridized carbons (Fsp3) is 0.0968. The van der Waals surface area contributed by atoms with Crippen molar-refractivity contribution in [2.75, 3.05) is 19.0 Å². The fourth-order valence-electron chi connectivity index (χ4n) is 3.83. The van der Waals surface area contributed by atoms with Crippen LogP contribution in [0.15, 0.2) is 119 Å². The Morgan fingerprint density at radius 3 is 2.12 bits per heavy atom. The van der Waals surface area contributed by atoms with Gasteiger partial charge in [-0.05, 0) is 43.3 Å². The first kappa shape index (κ1) is 31.5. The standard InChI is InChI=1S/C28H21ClN6O2.C2H6O.CH4O/c29-23-18-20(16-17-30-23)25(32-33-28(37)31-21-12-6-2-7-13-21)24-26(19-10-4-1-5-11-19)34-35(27(24)36)22-14-8-3-9-15-22;1-2-3;1-2/h1-18,34H,(H2,31,33,37);3H,2H2,1H3;2H,1H3/b32-25-;;. The number of nitrogens with zero attached hydrogens (tertiary/aromatic N) is 3. The van der Waals surface area contributed by atoms with Gasteiger partial charge < -0.3 is 15.5 Å². The van der Waals surface area contributed by atoms with Gasteiger partial charge >= 0.3 is 6.03 Å². The zero-order chi connectivity index (χ0) is 30.3. The fourth-order valence-corrected chi connectivity index (χ4v) is 4.01. The van der Waals surface area contributed by atoms with E-state index in [0.717, 1.165) is 12.7 Å². The first-order chi connectivity index (χ1) is 20.5. The van der Waals surface area contributed by atoms with Gasteiger partial charge in [-0.15, -0.1) is 0 Å². The average molecular weight is 587 g/mol. The molecule has 0 radical (unpaired) electrons. The molecule has 5 rings (SSSR count). The summed E-state index contributed by atoms with van der Waals surface area (Å²) in [6, 6.07) is 30.3. The molecule has 0 aliphatic carbocycles. The van der Waals surface area contributed by atoms with E-state index in [1.807, 2.05) is 66.7 Å². The van der Waals surface area contributed by atoms with E-state index in [1.54, 1.807) is 43.3 Å². The maximum atomic E-state index is 13.9. The lowest BCUT2D eigenvalue weighted by atomic mass is 10.00. The maximum Gasteiger partial charge on any atom is 0.339 e. The number of hydrogen-bond donors (Lipinski definition) is 5. The van der Waals surface area contributed by atoms with Gasteiger partial charge in [-0.1, -0.05) is 78.3 Å². The number of aliphatic hydroxyl groups is 2. The highest BCUT2D eigenvalue weighted by molar-refractivity contribution is 6.30. The number of rotatable bonds is 6. The van der Waals surface area contributed by atoms with Crippen LogP contribution in [0.25, 0.3) is 16.9 Å². The van der Waals surface area contributed by atoms with Gasteiger partial charge in [-0.2, -0.15) is 5.10 Å². The normalized spacial score (nSPS) is 10.5. The summed E-state index contributed by atoms with van der Waals surface area (Å²) >= 11 is 6.19. The van der Waals surface area contributed by atoms with Crippen LogP contribution in [0, 0.1) is 0 Å². The minimum atomic E-state index is -0.566. The molecule has 2 heterocycles. The van der Waals surface area contributed by atoms with Crippen molar-refractivity contribution in [3.63, 3.8) is 0 Å². The van der Waals surface area contributed by atoms with Crippen molar-refractivity contribution < 1.29 is 15.0 Å². The van der Waals surface area contributed by atoms with Crippen LogP contribution >= 0.6 is 11.6 Å². The van der Waals surface area contributed by atoms with Crippen LogP contribution in [0.1, 0.15) is 18.1 Å². The lowest BCUT2D eigenvalue weighted by molar-refractivity contribution is 0.252. The minimum absolute atomic E-state index is 0.221. The van der Waals surface area contributed by atoms with Gasteiger partial charge in [0.2, 0.25) is 0 Å². The van der Waals surface area contributed by atoms with Gasteiger partial charge in [0.05, 0.1) is 16.9 Å². The van der Waals surface area contributed by atoms with E-state index in [0.29, 0.717) is 22.6 Å². The minimum Gasteiger partial charge on any atom is -0.400 e. The Labute approximate surface area is 248 Å². The van der Waals surface area contributed by atoms with Gasteiger partial charge in [0.1, 0.15) is 10.9 Å². The summed E-state index contributed by atoms with van der Waals surface area (Å²) in [6.07, 6.45) is 1.52. The molecule has 216 valence electrons. The third kappa shape index (κ3) is 8.24. The second kappa shape index (κ2) is 16.3. The van der Waals surface area contributed by atoms with Gasteiger partial charge in [-0.25, -0.2) is 19.9 Å². The number of carbonyl (C=O) groups excluding carboxylic acids is 1. The van der Waals surface area contributed by atoms with Crippen molar-refractivity contribution in [2.24, 2.45) is 5.10 Å². The molecule has 0 unspecified atom stereocenters. The molecular formula is C31H31ClN6O4. The number of benzene rings is 3. The molecular weight excluding hydrogens is 556 g/mol. The van der Waals surface area contributed by atoms with Crippen LogP contribution < -0.4 is 16.3 Å². The van der Waals surface area contributed by atoms with Gasteiger partial charge in [-0.3, -0.25) is 9.89 Å². The molecule has 0 aliphatic heterocycles. The van der Waals surface area contributed by atoms with Crippen molar-refractivity contribution in [1.82, 2.24) is 20.2 Å². The maximum absolute atomic E-state index is 13.9. The molecule has 5 N–H and O–H groups in total. The van der Waals surface area contributed by atoms with E-state index in [4.69, 9.17) is 21.8 Å². The molecule has 0 saturated heterocycles. The van der Waals surface area contributed by atoms with Crippen LogP contribution in [-0.4, -0.2) is 50.4 Å². The Morgan fingerprint density at radius 2 is 1.52 bits per heavy atom. The van der Waals surface area contributed by atoms with Crippen LogP contribution in [0.4, 0.5) is 10.5 Å². The summed E-state index contributed by atoms with van der Waals surface area (Å²) in [7, 11) is 1.00. The lowest BCUT2D eigenvalue weighted by Crippen LogP contribution is -2.28. The summed E-state index contributed by atoms with van der Waals surface area (Å²) in [4.78, 5) is 30.6. The molecule has 0 fully saturated rings. The third-order valence-corrected chi connectivity index (χ3v) is 5.71. The smallest absolute Gasteiger partial charge is 0.339 e. The first-order valence-corrected chi connectivity index (χ1v) is 13.2. The van der Waals surface area contributed by atoms with Crippen LogP contribution in [0.2, 0.25) is 5.15 Å². The molecule has 0 spiro atoms. The first-order valence-electron chi connectivity index (χ1n) is 12.8. The topological polar surface area (TPSA) is 145 Å². The van der Waals surface area contributed by atoms with E-state index in [-0.39, 0.29) is 28.6 Å². The Bertz CT molecular complexity index is 1640. The number of halogens is 1. The number of amides is 2. The highest BCUT2D eigenvalue weighted by Gasteiger charge is 2.23. The number of nitrogens with one attached hydrogen (secondary N) is 3. The van der Waals surface area contributed by atoms with Crippen LogP contribution in [0.3, 0.4) is 0 Å². The molecule has 42 heavy (non-hydrogen) atoms. The van der Waals surface area contributed by atoms with E-state index in [1.165, 1.54) is 10.9 Å². The number of hydrogen-bond acceptors (Lipinski definition) is 6. The van der Waals surface area contributed by atoms with Gasteiger partial charge in [0, 0.05) is 36.7 Å². The van der Waals surface area contributed by atoms with E-state index < -0.39 is 6.03 Å². The Morgan fingerprint density at radius 1 is 0.952 bits per heavy atom. The molecule has 2 amide bonds. The molecule has 3 aromatic carbocycles. The number of urea groups is 1. The second-order valence-corrected chi connectivity index (χ2v) is 8.67. The number of aromatic nitrogens is 3. The Kier molecular flexibility index (Phi) is 12.2. The molecule has 0 bridgehead atoms. The monoisotopic (exact) mass is 586 g/mol. The molecule has 11 heteroatoms. The van der Waals surface area contributed by atoms with E-state index >= 15 is 0 Å². The van der Waals surface area contributed by atoms with Crippen LogP contribution in [0.5, 0.6) is 0 Å². The lowest BCUT2D eigenvalue weighted by Gasteiger charge is -2.09. The quantitative estimate of drug-likeness (QED) is 0.107. The predicted octanol–water partition coefficient (Wildman–Crippen LogP) is 5.06. The average Bonchev–Trinajstić information content (AvgIpc) is 3.37. The number of H-pyrrole nitrogens is 1. The molecule has 0 saturated carbocycles. The number of aromatic amines is 1. The zero-order valence-corrected chi connectivity index (χ0v) is 23.8. The molecule has 5 aromatic rings. The predicted molar refractivity (Wildman–Crippen MR) is 166 cm³/mol. The number of para-hydroxylation sites is 2. The summed E-state index contributed by atoms with van der Waals surface area (Å²) in [6.45, 7) is 1.93. The highest BCUT2D eigenvalue weighted by Crippen LogP contribution is 2.24. The number of anilines is 1. The van der Waals surface area contributed by atoms with Crippen molar-refractivity contribution in [1.29, 1.82) is 0 Å². The van der Waals surface area contributed by atoms with Crippen molar-refractivity contribution >= 4 is 29.0 Å². The SMILES string of the molecule is CCO.CO.O=C(N/N=C(/c1ccnc(Cl)c1)c1c(-c2ccccc2)[nH]n(-c2ccccc2)c1=O)Nc1ccccc1. The number of pyridine rings is 1. The molecule has 2 aromatic heterocycles. The Balaban J connectivity index is 0.000000910. The summed E-state index contributed by atoms with van der Waals surface area (Å²) in [5, 5.41) is 25.1. The van der Waals surface area contributed by atoms with E-state index in [2.05, 4.69) is 25.9 Å². The number of carbonyl (C=O) groups is 1. The molecule has 10 nitrogen and oxygen atoms in total. The van der Waals surface area contributed by atoms with Crippen molar-refractivity contribution in [3.05, 3.63) is 136 Å². The van der Waals surface area contributed by atoms with Crippen LogP contribution in [-0.2, 0) is 0 Å².